The largest absolute Gasteiger partial charge is 0.494 e. The molecule has 1 heterocycles. The number of terminal acetylenes is 1. The van der Waals surface area contributed by atoms with Gasteiger partial charge in [-0.2, -0.15) is 0 Å². The molecular formula is C22H26N2O3. The minimum Gasteiger partial charge on any atom is -0.494 e. The third kappa shape index (κ3) is 3.91. The van der Waals surface area contributed by atoms with Crippen molar-refractivity contribution in [3.8, 4) is 18.1 Å². The van der Waals surface area contributed by atoms with Crippen molar-refractivity contribution in [2.75, 3.05) is 20.3 Å². The van der Waals surface area contributed by atoms with Gasteiger partial charge >= 0.3 is 0 Å². The number of hydrogen-bond donors (Lipinski definition) is 1. The molecule has 27 heavy (non-hydrogen) atoms. The molecule has 1 saturated carbocycles. The zero-order valence-corrected chi connectivity index (χ0v) is 16.0. The van der Waals surface area contributed by atoms with E-state index in [1.807, 2.05) is 13.0 Å². The Balaban J connectivity index is 1.93. The molecule has 1 aliphatic heterocycles. The lowest BCUT2D eigenvalue weighted by molar-refractivity contribution is -0.122. The number of hydrogen-bond acceptors (Lipinski definition) is 4. The summed E-state index contributed by atoms with van der Waals surface area (Å²) in [5.41, 5.74) is 2.32. The maximum absolute atomic E-state index is 12.4. The van der Waals surface area contributed by atoms with E-state index in [1.54, 1.807) is 7.11 Å². The zero-order valence-electron chi connectivity index (χ0n) is 16.0. The first-order chi connectivity index (χ1) is 13.0. The fraction of sp³-hybridized carbons (Fsp3) is 0.455. The Bertz CT molecular complexity index is 810. The highest BCUT2D eigenvalue weighted by Crippen LogP contribution is 2.45. The maximum Gasteiger partial charge on any atom is 0.243 e. The standard InChI is InChI=1S/C22H26N2O3/c1-5-19(24-21(25)22(6-2)11-12-22)23-20-15(3)17(7-8-18(20)26-4)16-9-13-27-14-10-16/h2,5,7-8,16H,1,9-14H2,3-4H3,(H,23,24,25). The van der Waals surface area contributed by atoms with Gasteiger partial charge in [0.1, 0.15) is 22.7 Å². The number of ether oxygens (including phenoxy) is 2. The first-order valence-electron chi connectivity index (χ1n) is 9.30. The lowest BCUT2D eigenvalue weighted by atomic mass is 9.88. The second-order valence-electron chi connectivity index (χ2n) is 7.10. The van der Waals surface area contributed by atoms with E-state index in [-0.39, 0.29) is 5.91 Å². The quantitative estimate of drug-likeness (QED) is 0.492. The number of carbonyl (C=O) groups is 1. The van der Waals surface area contributed by atoms with E-state index in [9.17, 15) is 4.79 Å². The van der Waals surface area contributed by atoms with Crippen LogP contribution in [0.2, 0.25) is 0 Å². The molecule has 2 fully saturated rings. The molecule has 1 saturated heterocycles. The van der Waals surface area contributed by atoms with Crippen molar-refractivity contribution in [3.05, 3.63) is 35.9 Å². The van der Waals surface area contributed by atoms with Crippen LogP contribution in [0.5, 0.6) is 5.75 Å². The molecule has 1 N–H and O–H groups in total. The molecule has 1 aliphatic carbocycles. The average Bonchev–Trinajstić information content (AvgIpc) is 3.50. The third-order valence-corrected chi connectivity index (χ3v) is 5.45. The number of nitrogens with zero attached hydrogens (tertiary/aromatic N) is 1. The van der Waals surface area contributed by atoms with Crippen LogP contribution in [-0.2, 0) is 9.53 Å². The van der Waals surface area contributed by atoms with Gasteiger partial charge in [0.15, 0.2) is 0 Å². The molecule has 1 amide bonds. The normalized spacial score (nSPS) is 19.1. The fourth-order valence-corrected chi connectivity index (χ4v) is 3.49. The molecule has 0 bridgehead atoms. The van der Waals surface area contributed by atoms with E-state index < -0.39 is 5.41 Å². The Labute approximate surface area is 160 Å². The molecule has 3 rings (SSSR count). The number of methoxy groups -OCH3 is 1. The molecular weight excluding hydrogens is 340 g/mol. The summed E-state index contributed by atoms with van der Waals surface area (Å²) in [5, 5.41) is 2.82. The molecule has 5 nitrogen and oxygen atoms in total. The van der Waals surface area contributed by atoms with Crippen LogP contribution in [0.4, 0.5) is 5.69 Å². The summed E-state index contributed by atoms with van der Waals surface area (Å²) in [6.07, 6.45) is 10.4. The summed E-state index contributed by atoms with van der Waals surface area (Å²) >= 11 is 0. The topological polar surface area (TPSA) is 59.9 Å². The minimum absolute atomic E-state index is 0.194. The Hall–Kier alpha value is -2.58. The van der Waals surface area contributed by atoms with Crippen LogP contribution >= 0.6 is 0 Å². The number of benzene rings is 1. The van der Waals surface area contributed by atoms with E-state index in [4.69, 9.17) is 15.9 Å². The number of amides is 1. The van der Waals surface area contributed by atoms with Gasteiger partial charge in [-0.25, -0.2) is 4.99 Å². The van der Waals surface area contributed by atoms with Crippen molar-refractivity contribution in [2.24, 2.45) is 10.4 Å². The van der Waals surface area contributed by atoms with Crippen LogP contribution in [-0.4, -0.2) is 32.1 Å². The molecule has 2 aliphatic rings. The Morgan fingerprint density at radius 2 is 2.15 bits per heavy atom. The van der Waals surface area contributed by atoms with Gasteiger partial charge < -0.3 is 14.8 Å². The molecule has 1 aromatic rings. The van der Waals surface area contributed by atoms with E-state index in [1.165, 1.54) is 11.6 Å². The van der Waals surface area contributed by atoms with Crippen molar-refractivity contribution in [1.29, 1.82) is 0 Å². The highest BCUT2D eigenvalue weighted by molar-refractivity contribution is 6.08. The molecule has 0 unspecified atom stereocenters. The number of carbonyl (C=O) groups excluding carboxylic acids is 1. The maximum atomic E-state index is 12.4. The lowest BCUT2D eigenvalue weighted by Crippen LogP contribution is -2.35. The molecule has 0 aromatic heterocycles. The van der Waals surface area contributed by atoms with Gasteiger partial charge in [-0.15, -0.1) is 6.42 Å². The van der Waals surface area contributed by atoms with Gasteiger partial charge in [-0.1, -0.05) is 18.6 Å². The second-order valence-corrected chi connectivity index (χ2v) is 7.10. The monoisotopic (exact) mass is 366 g/mol. The first-order valence-corrected chi connectivity index (χ1v) is 9.30. The first kappa shape index (κ1) is 19.2. The highest BCUT2D eigenvalue weighted by atomic mass is 16.5. The van der Waals surface area contributed by atoms with E-state index in [0.717, 1.165) is 31.6 Å². The smallest absolute Gasteiger partial charge is 0.243 e. The summed E-state index contributed by atoms with van der Waals surface area (Å²) in [6, 6.07) is 4.04. The predicted molar refractivity (Wildman–Crippen MR) is 106 cm³/mol. The molecule has 0 atom stereocenters. The van der Waals surface area contributed by atoms with E-state index in [0.29, 0.717) is 36.0 Å². The lowest BCUT2D eigenvalue weighted by Gasteiger charge is -2.25. The Kier molecular flexibility index (Phi) is 5.67. The summed E-state index contributed by atoms with van der Waals surface area (Å²) in [6.45, 7) is 7.37. The van der Waals surface area contributed by atoms with E-state index in [2.05, 4.69) is 28.9 Å². The molecule has 5 heteroatoms. The van der Waals surface area contributed by atoms with Crippen LogP contribution in [0, 0.1) is 24.7 Å². The summed E-state index contributed by atoms with van der Waals surface area (Å²) in [5.74, 6) is 3.88. The van der Waals surface area contributed by atoms with E-state index >= 15 is 0 Å². The van der Waals surface area contributed by atoms with Crippen molar-refractivity contribution < 1.29 is 14.3 Å². The van der Waals surface area contributed by atoms with Crippen LogP contribution in [0.1, 0.15) is 42.7 Å². The zero-order chi connectivity index (χ0) is 19.4. The summed E-state index contributed by atoms with van der Waals surface area (Å²) < 4.78 is 11.0. The highest BCUT2D eigenvalue weighted by Gasteiger charge is 2.48. The van der Waals surface area contributed by atoms with Gasteiger partial charge in [0.05, 0.1) is 7.11 Å². The summed E-state index contributed by atoms with van der Waals surface area (Å²) in [4.78, 5) is 17.1. The van der Waals surface area contributed by atoms with Gasteiger partial charge in [-0.3, -0.25) is 4.79 Å². The number of amidine groups is 1. The van der Waals surface area contributed by atoms with Gasteiger partial charge in [-0.05, 0) is 61.8 Å². The number of aliphatic imine (C=N–C) groups is 1. The third-order valence-electron chi connectivity index (χ3n) is 5.45. The SMILES string of the molecule is C#CC1(C(=O)NC(C=C)=Nc2c(OC)ccc(C3CCOCC3)c2C)CC1. The molecule has 142 valence electrons. The Morgan fingerprint density at radius 1 is 1.44 bits per heavy atom. The van der Waals surface area contributed by atoms with Crippen molar-refractivity contribution in [1.82, 2.24) is 5.32 Å². The van der Waals surface area contributed by atoms with Gasteiger partial charge in [0.2, 0.25) is 5.91 Å². The van der Waals surface area contributed by atoms with Crippen molar-refractivity contribution in [2.45, 2.75) is 38.5 Å². The van der Waals surface area contributed by atoms with Crippen LogP contribution in [0.15, 0.2) is 29.8 Å². The minimum atomic E-state index is -0.688. The van der Waals surface area contributed by atoms with Crippen molar-refractivity contribution in [3.63, 3.8) is 0 Å². The molecule has 0 spiro atoms. The Morgan fingerprint density at radius 3 is 2.70 bits per heavy atom. The van der Waals surface area contributed by atoms with Crippen LogP contribution in [0.3, 0.4) is 0 Å². The number of rotatable bonds is 5. The van der Waals surface area contributed by atoms with Crippen molar-refractivity contribution >= 4 is 17.4 Å². The fourth-order valence-electron chi connectivity index (χ4n) is 3.49. The average molecular weight is 366 g/mol. The summed E-state index contributed by atoms with van der Waals surface area (Å²) in [7, 11) is 1.62. The number of nitrogens with one attached hydrogen (secondary N) is 1. The van der Waals surface area contributed by atoms with Gasteiger partial charge in [0, 0.05) is 13.2 Å². The molecule has 1 aromatic carbocycles. The van der Waals surface area contributed by atoms with Crippen LogP contribution in [0.25, 0.3) is 0 Å². The second kappa shape index (κ2) is 7.98. The van der Waals surface area contributed by atoms with Crippen LogP contribution < -0.4 is 10.1 Å². The van der Waals surface area contributed by atoms with Gasteiger partial charge in [0.25, 0.3) is 0 Å². The molecule has 0 radical (unpaired) electrons. The predicted octanol–water partition coefficient (Wildman–Crippen LogP) is 3.64.